The maximum atomic E-state index is 12.3. The summed E-state index contributed by atoms with van der Waals surface area (Å²) in [6.45, 7) is 1.76. The van der Waals surface area contributed by atoms with E-state index in [0.717, 1.165) is 0 Å². The quantitative estimate of drug-likeness (QED) is 0.824. The molecule has 7 heteroatoms. The fourth-order valence-electron chi connectivity index (χ4n) is 1.80. The average molecular weight is 286 g/mol. The van der Waals surface area contributed by atoms with Gasteiger partial charge in [0.05, 0.1) is 23.1 Å². The minimum absolute atomic E-state index is 0.0501. The summed E-state index contributed by atoms with van der Waals surface area (Å²) < 4.78 is 0. The van der Waals surface area contributed by atoms with Crippen molar-refractivity contribution in [2.75, 3.05) is 17.7 Å². The Bertz CT molecular complexity index is 698. The first kappa shape index (κ1) is 14.4. The number of hydrogen-bond acceptors (Lipinski definition) is 5. The second kappa shape index (κ2) is 5.58. The first-order valence-electron chi connectivity index (χ1n) is 6.09. The van der Waals surface area contributed by atoms with Gasteiger partial charge in [-0.2, -0.15) is 0 Å². The number of rotatable bonds is 3. The Morgan fingerprint density at radius 1 is 1.24 bits per heavy atom. The lowest BCUT2D eigenvalue weighted by Crippen LogP contribution is -2.29. The topological polar surface area (TPSA) is 109 Å². The lowest BCUT2D eigenvalue weighted by Gasteiger charge is -2.19. The first-order chi connectivity index (χ1) is 9.90. The van der Waals surface area contributed by atoms with Gasteiger partial charge >= 0.3 is 5.97 Å². The fourth-order valence-corrected chi connectivity index (χ4v) is 1.80. The number of nitrogens with two attached hydrogens (primary N) is 1. The van der Waals surface area contributed by atoms with E-state index in [0.29, 0.717) is 11.4 Å². The molecule has 108 valence electrons. The van der Waals surface area contributed by atoms with Gasteiger partial charge in [-0.05, 0) is 25.1 Å². The number of carboxylic acids is 1. The van der Waals surface area contributed by atoms with Crippen LogP contribution in [0.1, 0.15) is 26.5 Å². The predicted molar refractivity (Wildman–Crippen MR) is 77.3 cm³/mol. The first-order valence-corrected chi connectivity index (χ1v) is 6.09. The third-order valence-electron chi connectivity index (χ3n) is 2.92. The molecule has 0 radical (unpaired) electrons. The van der Waals surface area contributed by atoms with Gasteiger partial charge in [-0.1, -0.05) is 0 Å². The fraction of sp³-hybridized carbons (Fsp3) is 0.143. The summed E-state index contributed by atoms with van der Waals surface area (Å²) in [6.07, 6.45) is 2.83. The molecule has 0 unspecified atom stereocenters. The molecule has 2 rings (SSSR count). The lowest BCUT2D eigenvalue weighted by atomic mass is 10.1. The van der Waals surface area contributed by atoms with Gasteiger partial charge < -0.3 is 15.7 Å². The number of aromatic nitrogens is 2. The molecule has 0 saturated carbocycles. The highest BCUT2D eigenvalue weighted by Crippen LogP contribution is 2.23. The van der Waals surface area contributed by atoms with Crippen LogP contribution in [0.5, 0.6) is 0 Å². The van der Waals surface area contributed by atoms with E-state index in [1.165, 1.54) is 42.5 Å². The van der Waals surface area contributed by atoms with Crippen molar-refractivity contribution in [1.82, 2.24) is 9.97 Å². The summed E-state index contributed by atoms with van der Waals surface area (Å²) >= 11 is 0. The molecule has 0 aliphatic rings. The van der Waals surface area contributed by atoms with E-state index in [1.807, 2.05) is 0 Å². The van der Waals surface area contributed by atoms with Crippen LogP contribution in [0.3, 0.4) is 0 Å². The van der Waals surface area contributed by atoms with Gasteiger partial charge in [0.2, 0.25) is 0 Å². The molecule has 0 bridgehead atoms. The molecular formula is C14H14N4O3. The molecule has 1 aromatic carbocycles. The number of nitrogen functional groups attached to an aromatic ring is 1. The van der Waals surface area contributed by atoms with E-state index >= 15 is 0 Å². The predicted octanol–water partition coefficient (Wildman–Crippen LogP) is 1.34. The Balaban J connectivity index is 2.40. The summed E-state index contributed by atoms with van der Waals surface area (Å²) in [6, 6.07) is 4.33. The molecule has 0 saturated heterocycles. The third-order valence-corrected chi connectivity index (χ3v) is 2.92. The van der Waals surface area contributed by atoms with Crippen molar-refractivity contribution < 1.29 is 14.7 Å². The van der Waals surface area contributed by atoms with Crippen LogP contribution < -0.4 is 10.6 Å². The van der Waals surface area contributed by atoms with Crippen molar-refractivity contribution in [2.45, 2.75) is 6.92 Å². The molecule has 2 aromatic rings. The average Bonchev–Trinajstić information content (AvgIpc) is 2.46. The zero-order valence-corrected chi connectivity index (χ0v) is 11.6. The molecule has 1 aromatic heterocycles. The van der Waals surface area contributed by atoms with Crippen molar-refractivity contribution in [2.24, 2.45) is 0 Å². The smallest absolute Gasteiger partial charge is 0.337 e. The van der Waals surface area contributed by atoms with Gasteiger partial charge in [-0.15, -0.1) is 0 Å². The van der Waals surface area contributed by atoms with Gasteiger partial charge in [-0.3, -0.25) is 9.78 Å². The normalized spacial score (nSPS) is 10.2. The van der Waals surface area contributed by atoms with E-state index in [-0.39, 0.29) is 16.9 Å². The number of aryl methyl sites for hydroxylation is 1. The zero-order valence-electron chi connectivity index (χ0n) is 11.6. The Morgan fingerprint density at radius 3 is 2.52 bits per heavy atom. The molecule has 0 atom stereocenters. The highest BCUT2D eigenvalue weighted by atomic mass is 16.4. The standard InChI is InChI=1S/C14H14N4O3/c1-8-6-17-11(7-16-8)13(19)18(2)12-4-3-9(15)5-10(12)14(20)21/h3-7H,15H2,1-2H3,(H,20,21). The van der Waals surface area contributed by atoms with Gasteiger partial charge in [-0.25, -0.2) is 9.78 Å². The second-order valence-electron chi connectivity index (χ2n) is 4.49. The third kappa shape index (κ3) is 2.97. The zero-order chi connectivity index (χ0) is 15.6. The van der Waals surface area contributed by atoms with E-state index in [4.69, 9.17) is 5.73 Å². The van der Waals surface area contributed by atoms with E-state index in [9.17, 15) is 14.7 Å². The monoisotopic (exact) mass is 286 g/mol. The SMILES string of the molecule is Cc1cnc(C(=O)N(C)c2ccc(N)cc2C(=O)O)cn1. The number of amides is 1. The summed E-state index contributed by atoms with van der Waals surface area (Å²) in [5, 5.41) is 9.21. The van der Waals surface area contributed by atoms with Gasteiger partial charge in [0.25, 0.3) is 5.91 Å². The van der Waals surface area contributed by atoms with Crippen LogP contribution in [-0.2, 0) is 0 Å². The van der Waals surface area contributed by atoms with E-state index in [2.05, 4.69) is 9.97 Å². The molecule has 0 spiro atoms. The molecular weight excluding hydrogens is 272 g/mol. The van der Waals surface area contributed by atoms with Crippen LogP contribution in [-0.4, -0.2) is 34.0 Å². The highest BCUT2D eigenvalue weighted by molar-refractivity contribution is 6.08. The summed E-state index contributed by atoms with van der Waals surface area (Å²) in [4.78, 5) is 32.8. The van der Waals surface area contributed by atoms with Crippen LogP contribution in [0.2, 0.25) is 0 Å². The molecule has 21 heavy (non-hydrogen) atoms. The Labute approximate surface area is 121 Å². The number of hydrogen-bond donors (Lipinski definition) is 2. The number of nitrogens with zero attached hydrogens (tertiary/aromatic N) is 3. The van der Waals surface area contributed by atoms with Crippen LogP contribution in [0, 0.1) is 6.92 Å². The summed E-state index contributed by atoms with van der Waals surface area (Å²) in [7, 11) is 1.47. The lowest BCUT2D eigenvalue weighted by molar-refractivity contribution is 0.0698. The Morgan fingerprint density at radius 2 is 1.95 bits per heavy atom. The van der Waals surface area contributed by atoms with Crippen molar-refractivity contribution in [3.05, 3.63) is 47.5 Å². The van der Waals surface area contributed by atoms with Gasteiger partial charge in [0.15, 0.2) is 0 Å². The molecule has 0 aliphatic heterocycles. The van der Waals surface area contributed by atoms with E-state index < -0.39 is 11.9 Å². The van der Waals surface area contributed by atoms with Crippen LogP contribution in [0.4, 0.5) is 11.4 Å². The number of anilines is 2. The van der Waals surface area contributed by atoms with Gasteiger partial charge in [0, 0.05) is 18.9 Å². The van der Waals surface area contributed by atoms with Gasteiger partial charge in [0.1, 0.15) is 5.69 Å². The molecule has 1 heterocycles. The number of carbonyl (C=O) groups excluding carboxylic acids is 1. The second-order valence-corrected chi connectivity index (χ2v) is 4.49. The number of benzene rings is 1. The Hall–Kier alpha value is -2.96. The molecule has 1 amide bonds. The molecule has 3 N–H and O–H groups in total. The minimum Gasteiger partial charge on any atom is -0.478 e. The molecule has 0 fully saturated rings. The van der Waals surface area contributed by atoms with Crippen molar-refractivity contribution in [3.8, 4) is 0 Å². The van der Waals surface area contributed by atoms with E-state index in [1.54, 1.807) is 6.92 Å². The number of carbonyl (C=O) groups is 2. The van der Waals surface area contributed by atoms with Crippen molar-refractivity contribution >= 4 is 23.3 Å². The largest absolute Gasteiger partial charge is 0.478 e. The number of aromatic carboxylic acids is 1. The molecule has 7 nitrogen and oxygen atoms in total. The van der Waals surface area contributed by atoms with Crippen LogP contribution >= 0.6 is 0 Å². The maximum Gasteiger partial charge on any atom is 0.337 e. The highest BCUT2D eigenvalue weighted by Gasteiger charge is 2.20. The Kier molecular flexibility index (Phi) is 3.84. The summed E-state index contributed by atoms with van der Waals surface area (Å²) in [5.41, 5.74) is 6.91. The number of carboxylic acid groups (broad SMARTS) is 1. The molecule has 0 aliphatic carbocycles. The van der Waals surface area contributed by atoms with Crippen LogP contribution in [0.15, 0.2) is 30.6 Å². The maximum absolute atomic E-state index is 12.3. The van der Waals surface area contributed by atoms with Crippen LogP contribution in [0.25, 0.3) is 0 Å². The van der Waals surface area contributed by atoms with Crippen molar-refractivity contribution in [3.63, 3.8) is 0 Å². The minimum atomic E-state index is -1.16. The van der Waals surface area contributed by atoms with Crippen molar-refractivity contribution in [1.29, 1.82) is 0 Å². The summed E-state index contributed by atoms with van der Waals surface area (Å²) in [5.74, 6) is -1.61.